The summed E-state index contributed by atoms with van der Waals surface area (Å²) in [6.45, 7) is 7.15. The molecule has 21 heavy (non-hydrogen) atoms. The number of carbonyl (C=O) groups excluding carboxylic acids is 1. The third-order valence-corrected chi connectivity index (χ3v) is 4.25. The topological polar surface area (TPSA) is 71.1 Å². The summed E-state index contributed by atoms with van der Waals surface area (Å²) in [7, 11) is -0.854. The molecule has 1 atom stereocenters. The largest absolute Gasteiger partial charge is 0.370 e. The standard InChI is InChI=1S/C15H25N3O2S/c1-4-7-13-10-12(11-14(18-13)16-5-2)15(19)17-8-9-21(20)6-3/h10-11H,4-9H2,1-3H3,(H,16,18)(H,17,19). The molecule has 0 aliphatic rings. The summed E-state index contributed by atoms with van der Waals surface area (Å²) in [4.78, 5) is 16.6. The highest BCUT2D eigenvalue weighted by Gasteiger charge is 2.09. The highest BCUT2D eigenvalue weighted by molar-refractivity contribution is 7.84. The van der Waals surface area contributed by atoms with E-state index in [0.29, 0.717) is 23.6 Å². The van der Waals surface area contributed by atoms with Gasteiger partial charge in [-0.15, -0.1) is 0 Å². The van der Waals surface area contributed by atoms with Crippen LogP contribution in [-0.4, -0.2) is 39.7 Å². The molecule has 0 aromatic carbocycles. The lowest BCUT2D eigenvalue weighted by Crippen LogP contribution is -2.28. The SMILES string of the molecule is CCCc1cc(C(=O)NCCS(=O)CC)cc(NCC)n1. The van der Waals surface area contributed by atoms with Gasteiger partial charge in [0, 0.05) is 46.7 Å². The van der Waals surface area contributed by atoms with E-state index in [4.69, 9.17) is 0 Å². The summed E-state index contributed by atoms with van der Waals surface area (Å²) in [5, 5.41) is 5.96. The molecule has 1 aromatic heterocycles. The van der Waals surface area contributed by atoms with E-state index < -0.39 is 10.8 Å². The fourth-order valence-corrected chi connectivity index (χ4v) is 2.52. The molecular formula is C15H25N3O2S. The van der Waals surface area contributed by atoms with Crippen LogP contribution in [0.2, 0.25) is 0 Å². The fourth-order valence-electron chi connectivity index (χ4n) is 1.90. The highest BCUT2D eigenvalue weighted by Crippen LogP contribution is 2.12. The van der Waals surface area contributed by atoms with Crippen molar-refractivity contribution in [2.75, 3.05) is 29.9 Å². The minimum Gasteiger partial charge on any atom is -0.370 e. The van der Waals surface area contributed by atoms with Crippen LogP contribution >= 0.6 is 0 Å². The van der Waals surface area contributed by atoms with Crippen molar-refractivity contribution in [3.63, 3.8) is 0 Å². The number of hydrogen-bond donors (Lipinski definition) is 2. The maximum absolute atomic E-state index is 12.2. The molecule has 118 valence electrons. The zero-order chi connectivity index (χ0) is 15.7. The Hall–Kier alpha value is -1.43. The van der Waals surface area contributed by atoms with Crippen molar-refractivity contribution in [3.8, 4) is 0 Å². The van der Waals surface area contributed by atoms with Gasteiger partial charge in [-0.2, -0.15) is 0 Å². The van der Waals surface area contributed by atoms with Crippen LogP contribution in [0.4, 0.5) is 5.82 Å². The summed E-state index contributed by atoms with van der Waals surface area (Å²) < 4.78 is 11.3. The first-order valence-electron chi connectivity index (χ1n) is 7.48. The molecule has 1 rings (SSSR count). The van der Waals surface area contributed by atoms with E-state index >= 15 is 0 Å². The second-order valence-corrected chi connectivity index (χ2v) is 6.57. The predicted octanol–water partition coefficient (Wildman–Crippen LogP) is 1.96. The summed E-state index contributed by atoms with van der Waals surface area (Å²) in [5.41, 5.74) is 1.52. The van der Waals surface area contributed by atoms with Crippen molar-refractivity contribution in [1.82, 2.24) is 10.3 Å². The number of nitrogens with one attached hydrogen (secondary N) is 2. The summed E-state index contributed by atoms with van der Waals surface area (Å²) in [6, 6.07) is 3.59. The van der Waals surface area contributed by atoms with Crippen LogP contribution < -0.4 is 10.6 Å². The van der Waals surface area contributed by atoms with E-state index in [1.54, 1.807) is 6.07 Å². The van der Waals surface area contributed by atoms with E-state index in [9.17, 15) is 9.00 Å². The highest BCUT2D eigenvalue weighted by atomic mass is 32.2. The van der Waals surface area contributed by atoms with Crippen molar-refractivity contribution in [2.45, 2.75) is 33.6 Å². The van der Waals surface area contributed by atoms with Gasteiger partial charge >= 0.3 is 0 Å². The number of nitrogens with zero attached hydrogens (tertiary/aromatic N) is 1. The number of aromatic nitrogens is 1. The Labute approximate surface area is 129 Å². The molecule has 0 aliphatic heterocycles. The molecule has 0 saturated heterocycles. The normalized spacial score (nSPS) is 12.0. The Morgan fingerprint density at radius 1 is 1.29 bits per heavy atom. The first kappa shape index (κ1) is 17.6. The quantitative estimate of drug-likeness (QED) is 0.731. The molecule has 1 heterocycles. The van der Waals surface area contributed by atoms with Crippen LogP contribution in [-0.2, 0) is 17.2 Å². The van der Waals surface area contributed by atoms with Gasteiger partial charge in [0.15, 0.2) is 0 Å². The van der Waals surface area contributed by atoms with Crippen molar-refractivity contribution < 1.29 is 9.00 Å². The minimum absolute atomic E-state index is 0.137. The molecule has 2 N–H and O–H groups in total. The fraction of sp³-hybridized carbons (Fsp3) is 0.600. The van der Waals surface area contributed by atoms with Crippen LogP contribution in [0.5, 0.6) is 0 Å². The number of carbonyl (C=O) groups is 1. The second kappa shape index (κ2) is 9.50. The van der Waals surface area contributed by atoms with Gasteiger partial charge in [-0.3, -0.25) is 9.00 Å². The molecule has 0 fully saturated rings. The molecule has 0 radical (unpaired) electrons. The van der Waals surface area contributed by atoms with E-state index in [2.05, 4.69) is 22.5 Å². The Morgan fingerprint density at radius 3 is 2.67 bits per heavy atom. The summed E-state index contributed by atoms with van der Waals surface area (Å²) in [5.74, 6) is 1.71. The Balaban J connectivity index is 2.74. The molecule has 5 nitrogen and oxygen atoms in total. The number of amides is 1. The predicted molar refractivity (Wildman–Crippen MR) is 88.3 cm³/mol. The second-order valence-electron chi connectivity index (χ2n) is 4.70. The summed E-state index contributed by atoms with van der Waals surface area (Å²) in [6.07, 6.45) is 1.83. The molecule has 1 unspecified atom stereocenters. The van der Waals surface area contributed by atoms with Crippen molar-refractivity contribution in [3.05, 3.63) is 23.4 Å². The Morgan fingerprint density at radius 2 is 2.05 bits per heavy atom. The number of aryl methyl sites for hydroxylation is 1. The van der Waals surface area contributed by atoms with Crippen molar-refractivity contribution in [2.24, 2.45) is 0 Å². The van der Waals surface area contributed by atoms with Gasteiger partial charge in [0.25, 0.3) is 5.91 Å². The zero-order valence-corrected chi connectivity index (χ0v) is 13.9. The van der Waals surface area contributed by atoms with Crippen LogP contribution in [0.15, 0.2) is 12.1 Å². The molecule has 0 spiro atoms. The minimum atomic E-state index is -0.854. The van der Waals surface area contributed by atoms with E-state index in [1.807, 2.05) is 19.9 Å². The summed E-state index contributed by atoms with van der Waals surface area (Å²) >= 11 is 0. The Kier molecular flexibility index (Phi) is 7.97. The van der Waals surface area contributed by atoms with Gasteiger partial charge in [-0.25, -0.2) is 4.98 Å². The lowest BCUT2D eigenvalue weighted by atomic mass is 10.1. The molecular weight excluding hydrogens is 286 g/mol. The molecule has 0 bridgehead atoms. The lowest BCUT2D eigenvalue weighted by molar-refractivity contribution is 0.0956. The van der Waals surface area contributed by atoms with Gasteiger partial charge in [0.05, 0.1) is 0 Å². The van der Waals surface area contributed by atoms with Crippen LogP contribution in [0.1, 0.15) is 43.2 Å². The van der Waals surface area contributed by atoms with E-state index in [0.717, 1.165) is 30.9 Å². The monoisotopic (exact) mass is 311 g/mol. The molecule has 1 amide bonds. The van der Waals surface area contributed by atoms with Crippen LogP contribution in [0, 0.1) is 0 Å². The maximum atomic E-state index is 12.2. The van der Waals surface area contributed by atoms with Gasteiger partial charge in [0.2, 0.25) is 0 Å². The van der Waals surface area contributed by atoms with Gasteiger partial charge in [-0.05, 0) is 25.5 Å². The lowest BCUT2D eigenvalue weighted by Gasteiger charge is -2.10. The van der Waals surface area contributed by atoms with Crippen LogP contribution in [0.3, 0.4) is 0 Å². The van der Waals surface area contributed by atoms with Gasteiger partial charge in [-0.1, -0.05) is 20.3 Å². The molecule has 1 aromatic rings. The first-order valence-corrected chi connectivity index (χ1v) is 8.97. The first-order chi connectivity index (χ1) is 10.1. The zero-order valence-electron chi connectivity index (χ0n) is 13.1. The van der Waals surface area contributed by atoms with E-state index in [1.165, 1.54) is 0 Å². The molecule has 6 heteroatoms. The Bertz CT molecular complexity index is 468. The van der Waals surface area contributed by atoms with E-state index in [-0.39, 0.29) is 5.91 Å². The van der Waals surface area contributed by atoms with Crippen molar-refractivity contribution >= 4 is 22.5 Å². The van der Waals surface area contributed by atoms with Gasteiger partial charge in [0.1, 0.15) is 5.82 Å². The number of hydrogen-bond acceptors (Lipinski definition) is 4. The molecule has 0 saturated carbocycles. The third-order valence-electron chi connectivity index (χ3n) is 2.94. The van der Waals surface area contributed by atoms with Crippen LogP contribution in [0.25, 0.3) is 0 Å². The molecule has 0 aliphatic carbocycles. The number of pyridine rings is 1. The number of rotatable bonds is 9. The van der Waals surface area contributed by atoms with Gasteiger partial charge < -0.3 is 10.6 Å². The number of anilines is 1. The average Bonchev–Trinajstić information content (AvgIpc) is 2.47. The average molecular weight is 311 g/mol. The maximum Gasteiger partial charge on any atom is 0.251 e. The smallest absolute Gasteiger partial charge is 0.251 e. The van der Waals surface area contributed by atoms with Crippen molar-refractivity contribution in [1.29, 1.82) is 0 Å². The third kappa shape index (κ3) is 6.25.